The summed E-state index contributed by atoms with van der Waals surface area (Å²) in [6.45, 7) is 5.91. The van der Waals surface area contributed by atoms with E-state index in [-0.39, 0.29) is 5.91 Å². The van der Waals surface area contributed by atoms with Crippen molar-refractivity contribution in [3.63, 3.8) is 0 Å². The minimum atomic E-state index is -1.82. The van der Waals surface area contributed by atoms with Crippen LogP contribution < -0.4 is 15.0 Å². The molecular weight excluding hydrogens is 498 g/mol. The first-order chi connectivity index (χ1) is 18.9. The average Bonchev–Trinajstić information content (AvgIpc) is 2.98. The molecule has 1 saturated heterocycles. The summed E-state index contributed by atoms with van der Waals surface area (Å²) in [5.74, 6) is -2.71. The van der Waals surface area contributed by atoms with Gasteiger partial charge in [-0.1, -0.05) is 54.6 Å². The maximum atomic E-state index is 12.4. The molecule has 3 aromatic rings. The minimum absolute atomic E-state index is 0.0000318. The molecule has 39 heavy (non-hydrogen) atoms. The largest absolute Gasteiger partial charge is 0.495 e. The second-order valence-corrected chi connectivity index (χ2v) is 9.02. The molecule has 1 amide bonds. The van der Waals surface area contributed by atoms with Crippen molar-refractivity contribution in [3.05, 3.63) is 84.4 Å². The van der Waals surface area contributed by atoms with Gasteiger partial charge in [0.05, 0.1) is 12.8 Å². The molecule has 0 radical (unpaired) electrons. The number of para-hydroxylation sites is 2. The van der Waals surface area contributed by atoms with Crippen LogP contribution in [0.3, 0.4) is 0 Å². The smallest absolute Gasteiger partial charge is 0.414 e. The Balaban J connectivity index is 0.000000631. The first-order valence-corrected chi connectivity index (χ1v) is 12.9. The minimum Gasteiger partial charge on any atom is -0.495 e. The number of carboxylic acid groups (broad SMARTS) is 2. The second-order valence-electron chi connectivity index (χ2n) is 9.02. The van der Waals surface area contributed by atoms with E-state index in [9.17, 15) is 4.79 Å². The van der Waals surface area contributed by atoms with Gasteiger partial charge < -0.3 is 25.2 Å². The number of rotatable bonds is 9. The van der Waals surface area contributed by atoms with Gasteiger partial charge in [-0.3, -0.25) is 9.69 Å². The number of carboxylic acids is 2. The molecule has 206 valence electrons. The number of aliphatic carboxylic acids is 2. The third-order valence-electron chi connectivity index (χ3n) is 6.42. The van der Waals surface area contributed by atoms with Crippen LogP contribution in [0.15, 0.2) is 78.9 Å². The van der Waals surface area contributed by atoms with Gasteiger partial charge in [-0.2, -0.15) is 0 Å². The standard InChI is InChI=1S/C28H33N3O2.C2H2O4/c1-33-27-12-6-5-11-26(27)31-21-19-30(20-22-31)18-8-7-17-29-28(32)25-15-13-24(14-16-25)23-9-3-2-4-10-23;3-1(4)2(5)6/h2-6,9-16H,7-8,17-22H2,1H3,(H,29,32);(H,3,4)(H,5,6). The number of nitrogens with zero attached hydrogens (tertiary/aromatic N) is 2. The lowest BCUT2D eigenvalue weighted by Gasteiger charge is -2.36. The lowest BCUT2D eigenvalue weighted by Crippen LogP contribution is -2.46. The summed E-state index contributed by atoms with van der Waals surface area (Å²) in [5, 5.41) is 17.8. The Morgan fingerprint density at radius 3 is 1.97 bits per heavy atom. The first-order valence-electron chi connectivity index (χ1n) is 12.9. The fraction of sp³-hybridized carbons (Fsp3) is 0.300. The number of methoxy groups -OCH3 is 1. The molecule has 0 aromatic heterocycles. The monoisotopic (exact) mass is 533 g/mol. The molecule has 3 N–H and O–H groups in total. The maximum Gasteiger partial charge on any atom is 0.414 e. The molecule has 9 nitrogen and oxygen atoms in total. The normalized spacial score (nSPS) is 13.1. The Morgan fingerprint density at radius 1 is 0.769 bits per heavy atom. The van der Waals surface area contributed by atoms with Gasteiger partial charge in [0.15, 0.2) is 0 Å². The topological polar surface area (TPSA) is 119 Å². The van der Waals surface area contributed by atoms with Crippen LogP contribution in [0, 0.1) is 0 Å². The number of piperazine rings is 1. The van der Waals surface area contributed by atoms with Crippen LogP contribution in [-0.2, 0) is 9.59 Å². The lowest BCUT2D eigenvalue weighted by atomic mass is 10.0. The van der Waals surface area contributed by atoms with Gasteiger partial charge in [0.2, 0.25) is 0 Å². The van der Waals surface area contributed by atoms with Crippen molar-refractivity contribution in [1.29, 1.82) is 0 Å². The molecule has 3 aromatic carbocycles. The van der Waals surface area contributed by atoms with Gasteiger partial charge in [0.1, 0.15) is 5.75 Å². The van der Waals surface area contributed by atoms with E-state index in [4.69, 9.17) is 24.5 Å². The quantitative estimate of drug-likeness (QED) is 0.280. The van der Waals surface area contributed by atoms with E-state index < -0.39 is 11.9 Å². The van der Waals surface area contributed by atoms with Crippen molar-refractivity contribution in [2.45, 2.75) is 12.8 Å². The molecule has 1 fully saturated rings. The van der Waals surface area contributed by atoms with Gasteiger partial charge >= 0.3 is 11.9 Å². The van der Waals surface area contributed by atoms with Gasteiger partial charge in [-0.15, -0.1) is 0 Å². The van der Waals surface area contributed by atoms with Crippen molar-refractivity contribution in [3.8, 4) is 16.9 Å². The molecule has 0 aliphatic carbocycles. The van der Waals surface area contributed by atoms with E-state index in [0.717, 1.165) is 62.4 Å². The van der Waals surface area contributed by atoms with Gasteiger partial charge in [-0.25, -0.2) is 9.59 Å². The van der Waals surface area contributed by atoms with Gasteiger partial charge in [0, 0.05) is 38.3 Å². The highest BCUT2D eigenvalue weighted by Gasteiger charge is 2.19. The Morgan fingerprint density at radius 2 is 1.36 bits per heavy atom. The van der Waals surface area contributed by atoms with Crippen LogP contribution in [0.2, 0.25) is 0 Å². The first kappa shape index (κ1) is 29.2. The Kier molecular flexibility index (Phi) is 11.3. The van der Waals surface area contributed by atoms with Crippen LogP contribution in [0.5, 0.6) is 5.75 Å². The number of hydrogen-bond acceptors (Lipinski definition) is 6. The van der Waals surface area contributed by atoms with Gasteiger partial charge in [-0.05, 0) is 54.8 Å². The summed E-state index contributed by atoms with van der Waals surface area (Å²) in [6.07, 6.45) is 2.07. The van der Waals surface area contributed by atoms with Crippen LogP contribution in [0.1, 0.15) is 23.2 Å². The Labute approximate surface area is 228 Å². The second kappa shape index (κ2) is 15.1. The van der Waals surface area contributed by atoms with Crippen molar-refractivity contribution < 1.29 is 29.3 Å². The van der Waals surface area contributed by atoms with Crippen molar-refractivity contribution in [2.75, 3.05) is 51.3 Å². The van der Waals surface area contributed by atoms with Crippen LogP contribution in [-0.4, -0.2) is 79.3 Å². The molecule has 9 heteroatoms. The number of anilines is 1. The number of amides is 1. The number of benzene rings is 3. The zero-order valence-corrected chi connectivity index (χ0v) is 22.1. The van der Waals surface area contributed by atoms with E-state index in [2.05, 4.69) is 39.4 Å². The summed E-state index contributed by atoms with van der Waals surface area (Å²) in [4.78, 5) is 35.6. The molecule has 0 unspecified atom stereocenters. The van der Waals surface area contributed by atoms with Crippen LogP contribution >= 0.6 is 0 Å². The molecule has 0 saturated carbocycles. The summed E-state index contributed by atoms with van der Waals surface area (Å²) < 4.78 is 5.50. The molecule has 1 aliphatic heterocycles. The Hall–Kier alpha value is -4.37. The number of nitrogens with one attached hydrogen (secondary N) is 1. The maximum absolute atomic E-state index is 12.4. The third-order valence-corrected chi connectivity index (χ3v) is 6.42. The number of carbonyl (C=O) groups excluding carboxylic acids is 1. The van der Waals surface area contributed by atoms with Crippen LogP contribution in [0.25, 0.3) is 11.1 Å². The highest BCUT2D eigenvalue weighted by atomic mass is 16.5. The van der Waals surface area contributed by atoms with E-state index in [1.54, 1.807) is 7.11 Å². The van der Waals surface area contributed by atoms with Crippen molar-refractivity contribution >= 4 is 23.5 Å². The van der Waals surface area contributed by atoms with E-state index in [0.29, 0.717) is 12.1 Å². The Bertz CT molecular complexity index is 1200. The highest BCUT2D eigenvalue weighted by Crippen LogP contribution is 2.28. The summed E-state index contributed by atoms with van der Waals surface area (Å²) in [5.41, 5.74) is 4.17. The molecule has 0 bridgehead atoms. The molecular formula is C30H35N3O6. The predicted molar refractivity (Wildman–Crippen MR) is 150 cm³/mol. The van der Waals surface area contributed by atoms with E-state index in [1.807, 2.05) is 54.6 Å². The summed E-state index contributed by atoms with van der Waals surface area (Å²) in [7, 11) is 1.73. The zero-order chi connectivity index (χ0) is 28.0. The molecule has 1 heterocycles. The summed E-state index contributed by atoms with van der Waals surface area (Å²) >= 11 is 0. The number of carbonyl (C=O) groups is 3. The molecule has 0 spiro atoms. The van der Waals surface area contributed by atoms with Crippen molar-refractivity contribution in [1.82, 2.24) is 10.2 Å². The number of hydrogen-bond donors (Lipinski definition) is 3. The SMILES string of the molecule is COc1ccccc1N1CCN(CCCCNC(=O)c2ccc(-c3ccccc3)cc2)CC1.O=C(O)C(=O)O. The third kappa shape index (κ3) is 9.15. The van der Waals surface area contributed by atoms with Gasteiger partial charge in [0.25, 0.3) is 5.91 Å². The summed E-state index contributed by atoms with van der Waals surface area (Å²) in [6, 6.07) is 26.3. The average molecular weight is 534 g/mol. The predicted octanol–water partition coefficient (Wildman–Crippen LogP) is 3.85. The molecule has 1 aliphatic rings. The van der Waals surface area contributed by atoms with Crippen LogP contribution in [0.4, 0.5) is 5.69 Å². The zero-order valence-electron chi connectivity index (χ0n) is 22.1. The number of unbranched alkanes of at least 4 members (excludes halogenated alkanes) is 1. The van der Waals surface area contributed by atoms with E-state index >= 15 is 0 Å². The molecule has 4 rings (SSSR count). The fourth-order valence-corrected chi connectivity index (χ4v) is 4.31. The molecule has 0 atom stereocenters. The van der Waals surface area contributed by atoms with Crippen molar-refractivity contribution in [2.24, 2.45) is 0 Å². The van der Waals surface area contributed by atoms with E-state index in [1.165, 1.54) is 5.69 Å². The highest BCUT2D eigenvalue weighted by molar-refractivity contribution is 6.27. The fourth-order valence-electron chi connectivity index (χ4n) is 4.31. The lowest BCUT2D eigenvalue weighted by molar-refractivity contribution is -0.159. The number of ether oxygens (including phenoxy) is 1.